The number of benzene rings is 2. The standard InChI is InChI=1S/C25H23ClN2O2S/c1-3-24(29)30-13-11-18-6-4-8-21(14-18)31-25-17(2)28(20-7-5-12-27-16-20)23-15-19(26)9-10-22(23)25/h4-10,12,14-16H,3,11,13H2,1-2H3. The normalized spacial score (nSPS) is 11.1. The Morgan fingerprint density at radius 3 is 2.81 bits per heavy atom. The molecule has 0 saturated heterocycles. The second kappa shape index (κ2) is 9.58. The smallest absolute Gasteiger partial charge is 0.305 e. The van der Waals surface area contributed by atoms with Crippen LogP contribution in [0.15, 0.2) is 76.8 Å². The molecule has 0 aliphatic rings. The van der Waals surface area contributed by atoms with Crippen molar-refractivity contribution < 1.29 is 9.53 Å². The van der Waals surface area contributed by atoms with E-state index in [0.29, 0.717) is 24.5 Å². The Morgan fingerprint density at radius 2 is 2.03 bits per heavy atom. The summed E-state index contributed by atoms with van der Waals surface area (Å²) in [6, 6.07) is 18.4. The van der Waals surface area contributed by atoms with Gasteiger partial charge in [0, 0.05) is 44.9 Å². The zero-order valence-corrected chi connectivity index (χ0v) is 19.0. The van der Waals surface area contributed by atoms with Gasteiger partial charge in [-0.15, -0.1) is 0 Å². The first-order chi connectivity index (χ1) is 15.1. The fourth-order valence-electron chi connectivity index (χ4n) is 3.57. The monoisotopic (exact) mass is 450 g/mol. The number of aromatic nitrogens is 2. The molecule has 0 N–H and O–H groups in total. The lowest BCUT2D eigenvalue weighted by Crippen LogP contribution is -2.05. The van der Waals surface area contributed by atoms with E-state index in [2.05, 4.69) is 40.7 Å². The van der Waals surface area contributed by atoms with Crippen molar-refractivity contribution in [2.75, 3.05) is 6.61 Å². The third-order valence-electron chi connectivity index (χ3n) is 5.07. The van der Waals surface area contributed by atoms with E-state index in [-0.39, 0.29) is 5.97 Å². The van der Waals surface area contributed by atoms with E-state index in [1.165, 1.54) is 4.90 Å². The predicted octanol–water partition coefficient (Wildman–Crippen LogP) is 6.63. The lowest BCUT2D eigenvalue weighted by atomic mass is 10.2. The van der Waals surface area contributed by atoms with E-state index in [1.54, 1.807) is 24.9 Å². The molecule has 0 amide bonds. The molecule has 0 spiro atoms. The molecule has 6 heteroatoms. The third kappa shape index (κ3) is 4.78. The van der Waals surface area contributed by atoms with Gasteiger partial charge in [0.25, 0.3) is 0 Å². The van der Waals surface area contributed by atoms with Crippen LogP contribution in [-0.4, -0.2) is 22.1 Å². The molecule has 0 fully saturated rings. The molecule has 0 unspecified atom stereocenters. The highest BCUT2D eigenvalue weighted by Crippen LogP contribution is 2.40. The quantitative estimate of drug-likeness (QED) is 0.296. The number of carbonyl (C=O) groups excluding carboxylic acids is 1. The minimum Gasteiger partial charge on any atom is -0.465 e. The number of halogens is 1. The topological polar surface area (TPSA) is 44.1 Å². The first kappa shape index (κ1) is 21.5. The number of carbonyl (C=O) groups is 1. The van der Waals surface area contributed by atoms with Crippen molar-refractivity contribution in [3.05, 3.63) is 83.3 Å². The molecule has 0 atom stereocenters. The average Bonchev–Trinajstić information content (AvgIpc) is 3.05. The summed E-state index contributed by atoms with van der Waals surface area (Å²) in [4.78, 5) is 18.0. The Morgan fingerprint density at radius 1 is 1.16 bits per heavy atom. The Bertz CT molecular complexity index is 1220. The molecule has 4 aromatic rings. The number of fused-ring (bicyclic) bond motifs is 1. The van der Waals surface area contributed by atoms with Gasteiger partial charge in [0.2, 0.25) is 0 Å². The molecule has 4 rings (SSSR count). The zero-order valence-electron chi connectivity index (χ0n) is 17.5. The van der Waals surface area contributed by atoms with Crippen LogP contribution in [0.1, 0.15) is 24.6 Å². The second-order valence-corrected chi connectivity index (χ2v) is 8.72. The van der Waals surface area contributed by atoms with Gasteiger partial charge in [0.05, 0.1) is 24.0 Å². The molecule has 0 saturated carbocycles. The van der Waals surface area contributed by atoms with Crippen molar-refractivity contribution in [1.82, 2.24) is 9.55 Å². The minimum atomic E-state index is -0.164. The van der Waals surface area contributed by atoms with Gasteiger partial charge < -0.3 is 9.30 Å². The van der Waals surface area contributed by atoms with E-state index in [0.717, 1.165) is 32.7 Å². The fraction of sp³-hybridized carbons (Fsp3) is 0.200. The molecule has 31 heavy (non-hydrogen) atoms. The van der Waals surface area contributed by atoms with Gasteiger partial charge in [0.1, 0.15) is 0 Å². The van der Waals surface area contributed by atoms with Crippen LogP contribution in [0.2, 0.25) is 5.02 Å². The minimum absolute atomic E-state index is 0.164. The van der Waals surface area contributed by atoms with Crippen molar-refractivity contribution in [3.8, 4) is 5.69 Å². The molecule has 4 nitrogen and oxygen atoms in total. The summed E-state index contributed by atoms with van der Waals surface area (Å²) in [5.41, 5.74) is 4.34. The fourth-order valence-corrected chi connectivity index (χ4v) is 4.85. The van der Waals surface area contributed by atoms with Gasteiger partial charge in [-0.3, -0.25) is 9.78 Å². The summed E-state index contributed by atoms with van der Waals surface area (Å²) < 4.78 is 7.43. The van der Waals surface area contributed by atoms with E-state index in [4.69, 9.17) is 16.3 Å². The van der Waals surface area contributed by atoms with Crippen molar-refractivity contribution in [1.29, 1.82) is 0 Å². The Labute approximate surface area is 191 Å². The molecule has 0 bridgehead atoms. The maximum absolute atomic E-state index is 11.4. The number of hydrogen-bond donors (Lipinski definition) is 0. The van der Waals surface area contributed by atoms with Crippen LogP contribution in [0.4, 0.5) is 0 Å². The number of pyridine rings is 1. The highest BCUT2D eigenvalue weighted by Gasteiger charge is 2.17. The summed E-state index contributed by atoms with van der Waals surface area (Å²) in [5.74, 6) is -0.164. The van der Waals surface area contributed by atoms with E-state index in [9.17, 15) is 4.79 Å². The molecule has 0 radical (unpaired) electrons. The second-order valence-electron chi connectivity index (χ2n) is 7.20. The average molecular weight is 451 g/mol. The Hall–Kier alpha value is -2.76. The van der Waals surface area contributed by atoms with Gasteiger partial charge in [-0.1, -0.05) is 48.5 Å². The van der Waals surface area contributed by atoms with Crippen molar-refractivity contribution in [3.63, 3.8) is 0 Å². The van der Waals surface area contributed by atoms with E-state index >= 15 is 0 Å². The van der Waals surface area contributed by atoms with Gasteiger partial charge >= 0.3 is 5.97 Å². The largest absolute Gasteiger partial charge is 0.465 e. The van der Waals surface area contributed by atoms with Crippen LogP contribution in [0.25, 0.3) is 16.6 Å². The van der Waals surface area contributed by atoms with E-state index < -0.39 is 0 Å². The highest BCUT2D eigenvalue weighted by molar-refractivity contribution is 7.99. The summed E-state index contributed by atoms with van der Waals surface area (Å²) >= 11 is 8.06. The van der Waals surface area contributed by atoms with Crippen LogP contribution >= 0.6 is 23.4 Å². The Balaban J connectivity index is 1.67. The number of ether oxygens (including phenoxy) is 1. The van der Waals surface area contributed by atoms with Crippen molar-refractivity contribution in [2.45, 2.75) is 36.5 Å². The Kier molecular flexibility index (Phi) is 6.64. The van der Waals surface area contributed by atoms with Crippen molar-refractivity contribution >= 4 is 40.2 Å². The number of rotatable bonds is 7. The summed E-state index contributed by atoms with van der Waals surface area (Å²) in [5, 5.41) is 1.85. The first-order valence-corrected chi connectivity index (χ1v) is 11.4. The molecular formula is C25H23ClN2O2S. The first-order valence-electron chi connectivity index (χ1n) is 10.2. The van der Waals surface area contributed by atoms with Crippen LogP contribution in [0, 0.1) is 6.92 Å². The van der Waals surface area contributed by atoms with Gasteiger partial charge in [-0.05, 0) is 48.9 Å². The zero-order chi connectivity index (χ0) is 21.8. The van der Waals surface area contributed by atoms with Crippen LogP contribution < -0.4 is 0 Å². The van der Waals surface area contributed by atoms with E-state index in [1.807, 2.05) is 36.5 Å². The van der Waals surface area contributed by atoms with Gasteiger partial charge in [-0.25, -0.2) is 0 Å². The number of hydrogen-bond acceptors (Lipinski definition) is 4. The molecule has 2 heterocycles. The maximum atomic E-state index is 11.4. The molecular weight excluding hydrogens is 428 g/mol. The molecule has 0 aliphatic heterocycles. The van der Waals surface area contributed by atoms with Crippen LogP contribution in [0.5, 0.6) is 0 Å². The lowest BCUT2D eigenvalue weighted by molar-refractivity contribution is -0.143. The molecule has 0 aliphatic carbocycles. The molecule has 2 aromatic heterocycles. The molecule has 158 valence electrons. The lowest BCUT2D eigenvalue weighted by Gasteiger charge is -2.09. The third-order valence-corrected chi connectivity index (χ3v) is 6.52. The van der Waals surface area contributed by atoms with Gasteiger partial charge in [0.15, 0.2) is 0 Å². The number of nitrogens with zero attached hydrogens (tertiary/aromatic N) is 2. The summed E-state index contributed by atoms with van der Waals surface area (Å²) in [6.45, 7) is 4.33. The summed E-state index contributed by atoms with van der Waals surface area (Å²) in [7, 11) is 0. The van der Waals surface area contributed by atoms with Gasteiger partial charge in [-0.2, -0.15) is 0 Å². The molecule has 2 aromatic carbocycles. The van der Waals surface area contributed by atoms with Crippen LogP contribution in [0.3, 0.4) is 0 Å². The SMILES string of the molecule is CCC(=O)OCCc1cccc(Sc2c(C)n(-c3cccnc3)c3cc(Cl)ccc23)c1. The maximum Gasteiger partial charge on any atom is 0.305 e. The summed E-state index contributed by atoms with van der Waals surface area (Å²) in [6.07, 6.45) is 4.74. The van der Waals surface area contributed by atoms with Crippen LogP contribution in [-0.2, 0) is 16.0 Å². The predicted molar refractivity (Wildman–Crippen MR) is 126 cm³/mol. The highest BCUT2D eigenvalue weighted by atomic mass is 35.5. The number of esters is 1. The van der Waals surface area contributed by atoms with Crippen molar-refractivity contribution in [2.24, 2.45) is 0 Å².